The lowest BCUT2D eigenvalue weighted by atomic mass is 10.1. The highest BCUT2D eigenvalue weighted by molar-refractivity contribution is 7.99. The number of carbonyl (C=O) groups is 3. The van der Waals surface area contributed by atoms with E-state index >= 15 is 0 Å². The molecular weight excluding hydrogens is 444 g/mol. The number of imide groups is 2. The average molecular weight is 458 g/mol. The Balaban J connectivity index is 1.54. The zero-order valence-corrected chi connectivity index (χ0v) is 17.6. The first-order chi connectivity index (χ1) is 16.0. The van der Waals surface area contributed by atoms with Crippen molar-refractivity contribution in [2.75, 3.05) is 0 Å². The first-order valence-corrected chi connectivity index (χ1v) is 10.5. The number of nitrogens with zero attached hydrogens (tertiary/aromatic N) is 2. The van der Waals surface area contributed by atoms with Crippen LogP contribution in [0.1, 0.15) is 5.76 Å². The average Bonchev–Trinajstić information content (AvgIpc) is 3.24. The van der Waals surface area contributed by atoms with E-state index in [1.165, 1.54) is 10.6 Å². The predicted molar refractivity (Wildman–Crippen MR) is 120 cm³/mol. The first-order valence-electron chi connectivity index (χ1n) is 9.73. The summed E-state index contributed by atoms with van der Waals surface area (Å²) in [5, 5.41) is 5.27. The number of fused-ring (bicyclic) bond motifs is 1. The third kappa shape index (κ3) is 3.94. The fourth-order valence-electron chi connectivity index (χ4n) is 3.29. The molecule has 4 aromatic rings. The minimum Gasteiger partial charge on any atom is -0.450 e. The molecule has 9 nitrogen and oxygen atoms in total. The van der Waals surface area contributed by atoms with Gasteiger partial charge in [-0.25, -0.2) is 9.78 Å². The van der Waals surface area contributed by atoms with Crippen LogP contribution in [-0.4, -0.2) is 27.4 Å². The Morgan fingerprint density at radius 2 is 1.55 bits per heavy atom. The zero-order valence-electron chi connectivity index (χ0n) is 16.8. The fraction of sp³-hybridized carbons (Fsp3) is 0. The number of aromatic nitrogens is 2. The molecule has 0 unspecified atom stereocenters. The predicted octanol–water partition coefficient (Wildman–Crippen LogP) is 2.88. The Morgan fingerprint density at radius 1 is 0.848 bits per heavy atom. The molecule has 1 aliphatic rings. The van der Waals surface area contributed by atoms with Gasteiger partial charge in [0, 0.05) is 0 Å². The van der Waals surface area contributed by atoms with Gasteiger partial charge in [0.1, 0.15) is 11.3 Å². The summed E-state index contributed by atoms with van der Waals surface area (Å²) in [5.41, 5.74) is 0.720. The first kappa shape index (κ1) is 20.5. The second-order valence-corrected chi connectivity index (χ2v) is 7.91. The van der Waals surface area contributed by atoms with Gasteiger partial charge in [-0.3, -0.25) is 29.6 Å². The quantitative estimate of drug-likeness (QED) is 0.274. The standard InChI is InChI=1S/C23H14N4O5S/c28-19-16(20(29)26-22(31)25-19)12-14-10-11-18(32-14)33-23-24-17-9-5-4-8-15(17)21(30)27(23)13-6-2-1-3-7-13/h1-12H,(H2,25,26,28,29,31). The van der Waals surface area contributed by atoms with Crippen molar-refractivity contribution < 1.29 is 18.8 Å². The summed E-state index contributed by atoms with van der Waals surface area (Å²) in [5.74, 6) is -1.41. The number of rotatable bonds is 4. The highest BCUT2D eigenvalue weighted by Crippen LogP contribution is 2.30. The van der Waals surface area contributed by atoms with E-state index in [2.05, 4.69) is 4.98 Å². The third-order valence-corrected chi connectivity index (χ3v) is 5.66. The summed E-state index contributed by atoms with van der Waals surface area (Å²) in [7, 11) is 0. The van der Waals surface area contributed by atoms with Crippen LogP contribution in [0.25, 0.3) is 22.7 Å². The Hall–Kier alpha value is -4.44. The number of hydrogen-bond donors (Lipinski definition) is 2. The van der Waals surface area contributed by atoms with Crippen molar-refractivity contribution in [3.8, 4) is 5.69 Å². The van der Waals surface area contributed by atoms with Crippen molar-refractivity contribution in [3.63, 3.8) is 0 Å². The van der Waals surface area contributed by atoms with E-state index in [1.807, 2.05) is 41.0 Å². The van der Waals surface area contributed by atoms with Crippen molar-refractivity contribution in [3.05, 3.63) is 88.4 Å². The lowest BCUT2D eigenvalue weighted by Gasteiger charge is -2.13. The van der Waals surface area contributed by atoms with E-state index in [-0.39, 0.29) is 16.9 Å². The smallest absolute Gasteiger partial charge is 0.328 e. The molecule has 0 spiro atoms. The van der Waals surface area contributed by atoms with Crippen LogP contribution in [0.2, 0.25) is 0 Å². The molecule has 1 saturated heterocycles. The van der Waals surface area contributed by atoms with E-state index < -0.39 is 17.8 Å². The Kier molecular flexibility index (Phi) is 5.11. The van der Waals surface area contributed by atoms with Gasteiger partial charge in [0.2, 0.25) is 0 Å². The summed E-state index contributed by atoms with van der Waals surface area (Å²) >= 11 is 1.12. The fourth-order valence-corrected chi connectivity index (χ4v) is 4.17. The number of nitrogens with one attached hydrogen (secondary N) is 2. The lowest BCUT2D eigenvalue weighted by molar-refractivity contribution is -0.123. The number of amides is 4. The van der Waals surface area contributed by atoms with Crippen LogP contribution >= 0.6 is 11.8 Å². The number of para-hydroxylation sites is 2. The lowest BCUT2D eigenvalue weighted by Crippen LogP contribution is -2.51. The molecule has 1 aliphatic heterocycles. The van der Waals surface area contributed by atoms with E-state index in [1.54, 1.807) is 36.4 Å². The number of carbonyl (C=O) groups excluding carboxylic acids is 3. The summed E-state index contributed by atoms with van der Waals surface area (Å²) in [6.07, 6.45) is 1.24. The van der Waals surface area contributed by atoms with Gasteiger partial charge in [-0.05, 0) is 54.2 Å². The van der Waals surface area contributed by atoms with Crippen LogP contribution in [0.15, 0.2) is 91.8 Å². The summed E-state index contributed by atoms with van der Waals surface area (Å²) < 4.78 is 7.24. The maximum Gasteiger partial charge on any atom is 0.328 e. The van der Waals surface area contributed by atoms with Crippen LogP contribution in [0.3, 0.4) is 0 Å². The van der Waals surface area contributed by atoms with Gasteiger partial charge in [-0.1, -0.05) is 30.3 Å². The molecule has 0 atom stereocenters. The minimum atomic E-state index is -0.876. The van der Waals surface area contributed by atoms with Gasteiger partial charge in [-0.2, -0.15) is 0 Å². The maximum atomic E-state index is 13.3. The van der Waals surface area contributed by atoms with E-state index in [0.29, 0.717) is 26.8 Å². The molecule has 0 aliphatic carbocycles. The highest BCUT2D eigenvalue weighted by Gasteiger charge is 2.28. The molecule has 1 fully saturated rings. The minimum absolute atomic E-state index is 0.219. The second kappa shape index (κ2) is 8.24. The van der Waals surface area contributed by atoms with E-state index in [9.17, 15) is 19.2 Å². The summed E-state index contributed by atoms with van der Waals surface area (Å²) in [6.45, 7) is 0. The molecule has 0 saturated carbocycles. The monoisotopic (exact) mass is 458 g/mol. The van der Waals surface area contributed by atoms with Gasteiger partial charge in [0.05, 0.1) is 16.6 Å². The number of urea groups is 1. The Bertz CT molecular complexity index is 1500. The van der Waals surface area contributed by atoms with Crippen LogP contribution < -0.4 is 16.2 Å². The largest absolute Gasteiger partial charge is 0.450 e. The second-order valence-electron chi connectivity index (χ2n) is 6.94. The van der Waals surface area contributed by atoms with Crippen molar-refractivity contribution in [1.82, 2.24) is 20.2 Å². The molecule has 2 aromatic carbocycles. The molecule has 33 heavy (non-hydrogen) atoms. The Labute approximate surface area is 190 Å². The molecule has 10 heteroatoms. The van der Waals surface area contributed by atoms with E-state index in [0.717, 1.165) is 11.8 Å². The van der Waals surface area contributed by atoms with Crippen molar-refractivity contribution >= 4 is 46.6 Å². The number of benzene rings is 2. The summed E-state index contributed by atoms with van der Waals surface area (Å²) in [4.78, 5) is 53.0. The van der Waals surface area contributed by atoms with Gasteiger partial charge < -0.3 is 4.42 Å². The van der Waals surface area contributed by atoms with Gasteiger partial charge >= 0.3 is 6.03 Å². The number of hydrogen-bond acceptors (Lipinski definition) is 7. The van der Waals surface area contributed by atoms with Gasteiger partial charge in [-0.15, -0.1) is 0 Å². The number of barbiturate groups is 1. The van der Waals surface area contributed by atoms with Crippen LogP contribution in [0.5, 0.6) is 0 Å². The molecule has 4 amide bonds. The molecule has 2 aromatic heterocycles. The molecule has 162 valence electrons. The highest BCUT2D eigenvalue weighted by atomic mass is 32.2. The molecule has 2 N–H and O–H groups in total. The van der Waals surface area contributed by atoms with Gasteiger partial charge in [0.15, 0.2) is 10.2 Å². The van der Waals surface area contributed by atoms with Gasteiger partial charge in [0.25, 0.3) is 17.4 Å². The van der Waals surface area contributed by atoms with E-state index in [4.69, 9.17) is 4.42 Å². The topological polar surface area (TPSA) is 123 Å². The molecular formula is C23H14N4O5S. The third-order valence-electron chi connectivity index (χ3n) is 4.78. The van der Waals surface area contributed by atoms with Crippen LogP contribution in [-0.2, 0) is 9.59 Å². The van der Waals surface area contributed by atoms with Crippen LogP contribution in [0.4, 0.5) is 4.79 Å². The number of furan rings is 1. The normalized spacial score (nSPS) is 13.7. The molecule has 0 radical (unpaired) electrons. The zero-order chi connectivity index (χ0) is 22.9. The molecule has 0 bridgehead atoms. The SMILES string of the molecule is O=C1NC(=O)C(=Cc2ccc(Sc3nc4ccccc4c(=O)n3-c3ccccc3)o2)C(=O)N1. The molecule has 5 rings (SSSR count). The molecule has 3 heterocycles. The van der Waals surface area contributed by atoms with Crippen molar-refractivity contribution in [1.29, 1.82) is 0 Å². The Morgan fingerprint density at radius 3 is 2.30 bits per heavy atom. The van der Waals surface area contributed by atoms with Crippen molar-refractivity contribution in [2.24, 2.45) is 0 Å². The van der Waals surface area contributed by atoms with Crippen molar-refractivity contribution in [2.45, 2.75) is 10.2 Å². The van der Waals surface area contributed by atoms with Crippen LogP contribution in [0, 0.1) is 0 Å². The maximum absolute atomic E-state index is 13.3. The summed E-state index contributed by atoms with van der Waals surface area (Å²) in [6, 6.07) is 18.5.